The molecule has 2 N–H and O–H groups in total. The Morgan fingerprint density at radius 3 is 2.65 bits per heavy atom. The predicted molar refractivity (Wildman–Crippen MR) is 131 cm³/mol. The van der Waals surface area contributed by atoms with E-state index in [0.717, 1.165) is 23.4 Å². The van der Waals surface area contributed by atoms with Crippen molar-refractivity contribution in [3.63, 3.8) is 0 Å². The molecule has 1 unspecified atom stereocenters. The SMILES string of the molecule is CN1C(=O)C(NC(=S)NCC2CCCCC2)N=C(c2ccccc2)c2cc(Cl)ccc21. The van der Waals surface area contributed by atoms with Crippen molar-refractivity contribution >= 4 is 46.2 Å². The number of benzodiazepines with no additional fused rings is 1. The number of thiocarbonyl (C=S) groups is 1. The molecule has 1 heterocycles. The molecule has 1 aliphatic carbocycles. The van der Waals surface area contributed by atoms with Crippen molar-refractivity contribution < 1.29 is 4.79 Å². The van der Waals surface area contributed by atoms with E-state index in [9.17, 15) is 4.79 Å². The number of nitrogens with zero attached hydrogens (tertiary/aromatic N) is 2. The lowest BCUT2D eigenvalue weighted by Gasteiger charge is -2.24. The molecule has 0 radical (unpaired) electrons. The van der Waals surface area contributed by atoms with E-state index in [0.29, 0.717) is 21.8 Å². The number of anilines is 1. The van der Waals surface area contributed by atoms with Gasteiger partial charge in [0.1, 0.15) is 0 Å². The van der Waals surface area contributed by atoms with Crippen LogP contribution in [0.3, 0.4) is 0 Å². The smallest absolute Gasteiger partial charge is 0.272 e. The van der Waals surface area contributed by atoms with Crippen molar-refractivity contribution in [1.29, 1.82) is 0 Å². The number of nitrogens with one attached hydrogen (secondary N) is 2. The number of benzene rings is 2. The van der Waals surface area contributed by atoms with E-state index >= 15 is 0 Å². The van der Waals surface area contributed by atoms with Gasteiger partial charge in [0.25, 0.3) is 5.91 Å². The van der Waals surface area contributed by atoms with Crippen LogP contribution in [0.4, 0.5) is 5.69 Å². The van der Waals surface area contributed by atoms with E-state index in [1.54, 1.807) is 18.0 Å². The van der Waals surface area contributed by atoms with Gasteiger partial charge in [-0.25, -0.2) is 4.99 Å². The second kappa shape index (κ2) is 9.79. The molecule has 1 saturated carbocycles. The Morgan fingerprint density at radius 1 is 1.16 bits per heavy atom. The molecule has 2 aromatic carbocycles. The molecule has 1 fully saturated rings. The highest BCUT2D eigenvalue weighted by molar-refractivity contribution is 7.80. The molecule has 0 aromatic heterocycles. The highest BCUT2D eigenvalue weighted by Gasteiger charge is 2.30. The zero-order chi connectivity index (χ0) is 21.8. The number of likely N-dealkylation sites (N-methyl/N-ethyl adjacent to an activating group) is 1. The third kappa shape index (κ3) is 5.08. The number of aliphatic imine (C=N–C) groups is 1. The van der Waals surface area contributed by atoms with Crippen LogP contribution in [0.2, 0.25) is 5.02 Å². The molecule has 1 amide bonds. The first-order valence-electron chi connectivity index (χ1n) is 10.8. The van der Waals surface area contributed by atoms with Crippen LogP contribution >= 0.6 is 23.8 Å². The summed E-state index contributed by atoms with van der Waals surface area (Å²) < 4.78 is 0. The summed E-state index contributed by atoms with van der Waals surface area (Å²) in [5.41, 5.74) is 3.22. The second-order valence-corrected chi connectivity index (χ2v) is 9.01. The van der Waals surface area contributed by atoms with Crippen molar-refractivity contribution in [2.75, 3.05) is 18.5 Å². The predicted octanol–water partition coefficient (Wildman–Crippen LogP) is 4.52. The minimum absolute atomic E-state index is 0.170. The molecule has 7 heteroatoms. The number of rotatable bonds is 4. The maximum absolute atomic E-state index is 13.2. The number of amides is 1. The van der Waals surface area contributed by atoms with Crippen LogP contribution in [0.5, 0.6) is 0 Å². The zero-order valence-electron chi connectivity index (χ0n) is 17.6. The maximum Gasteiger partial charge on any atom is 0.272 e. The van der Waals surface area contributed by atoms with Crippen LogP contribution in [0.15, 0.2) is 53.5 Å². The first-order chi connectivity index (χ1) is 15.0. The van der Waals surface area contributed by atoms with Gasteiger partial charge in [0.2, 0.25) is 6.17 Å². The highest BCUT2D eigenvalue weighted by atomic mass is 35.5. The molecular formula is C24H27ClN4OS. The average Bonchev–Trinajstić information content (AvgIpc) is 2.89. The summed E-state index contributed by atoms with van der Waals surface area (Å²) in [5.74, 6) is 0.465. The summed E-state index contributed by atoms with van der Waals surface area (Å²) >= 11 is 11.8. The number of hydrogen-bond acceptors (Lipinski definition) is 3. The van der Waals surface area contributed by atoms with Crippen molar-refractivity contribution in [2.24, 2.45) is 10.9 Å². The molecule has 0 spiro atoms. The van der Waals surface area contributed by atoms with Crippen LogP contribution in [-0.4, -0.2) is 36.5 Å². The van der Waals surface area contributed by atoms with Crippen molar-refractivity contribution in [3.8, 4) is 0 Å². The van der Waals surface area contributed by atoms with Gasteiger partial charge in [-0.2, -0.15) is 0 Å². The summed E-state index contributed by atoms with van der Waals surface area (Å²) in [6.45, 7) is 0.827. The van der Waals surface area contributed by atoms with Gasteiger partial charge in [0.15, 0.2) is 5.11 Å². The lowest BCUT2D eigenvalue weighted by molar-refractivity contribution is -0.119. The molecule has 1 atom stereocenters. The minimum Gasteiger partial charge on any atom is -0.362 e. The van der Waals surface area contributed by atoms with E-state index in [1.807, 2.05) is 42.5 Å². The largest absolute Gasteiger partial charge is 0.362 e. The molecular weight excluding hydrogens is 428 g/mol. The Labute approximate surface area is 193 Å². The number of halogens is 1. The fourth-order valence-corrected chi connectivity index (χ4v) is 4.64. The van der Waals surface area contributed by atoms with E-state index in [-0.39, 0.29) is 5.91 Å². The Balaban J connectivity index is 1.60. The molecule has 4 rings (SSSR count). The summed E-state index contributed by atoms with van der Waals surface area (Å²) in [6.07, 6.45) is 5.52. The molecule has 2 aliphatic rings. The Kier molecular flexibility index (Phi) is 6.88. The van der Waals surface area contributed by atoms with Crippen LogP contribution in [0.1, 0.15) is 43.2 Å². The molecule has 5 nitrogen and oxygen atoms in total. The minimum atomic E-state index is -0.822. The van der Waals surface area contributed by atoms with Gasteiger partial charge in [0.05, 0.1) is 11.4 Å². The zero-order valence-corrected chi connectivity index (χ0v) is 19.2. The van der Waals surface area contributed by atoms with Crippen LogP contribution in [0.25, 0.3) is 0 Å². The quantitative estimate of drug-likeness (QED) is 0.666. The third-order valence-electron chi connectivity index (χ3n) is 5.99. The molecule has 0 bridgehead atoms. The van der Waals surface area contributed by atoms with Gasteiger partial charge >= 0.3 is 0 Å². The van der Waals surface area contributed by atoms with Gasteiger partial charge in [0, 0.05) is 29.7 Å². The number of carbonyl (C=O) groups excluding carboxylic acids is 1. The van der Waals surface area contributed by atoms with Crippen molar-refractivity contribution in [2.45, 2.75) is 38.3 Å². The standard InChI is InChI=1S/C24H27ClN4OS/c1-29-20-13-12-18(25)14-19(20)21(17-10-6-3-7-11-17)27-22(23(29)30)28-24(31)26-15-16-8-4-2-5-9-16/h3,6-7,10-14,16,22H,2,4-5,8-9,15H2,1H3,(H2,26,28,31). The van der Waals surface area contributed by atoms with Gasteiger partial charge < -0.3 is 15.5 Å². The van der Waals surface area contributed by atoms with E-state index in [2.05, 4.69) is 10.6 Å². The highest BCUT2D eigenvalue weighted by Crippen LogP contribution is 2.30. The molecule has 2 aromatic rings. The van der Waals surface area contributed by atoms with Crippen LogP contribution in [-0.2, 0) is 4.79 Å². The third-order valence-corrected chi connectivity index (χ3v) is 6.49. The van der Waals surface area contributed by atoms with Gasteiger partial charge in [-0.3, -0.25) is 4.79 Å². The van der Waals surface area contributed by atoms with E-state index in [4.69, 9.17) is 28.8 Å². The number of hydrogen-bond donors (Lipinski definition) is 2. The molecule has 162 valence electrons. The van der Waals surface area contributed by atoms with Crippen molar-refractivity contribution in [1.82, 2.24) is 10.6 Å². The van der Waals surface area contributed by atoms with Gasteiger partial charge in [-0.1, -0.05) is 61.2 Å². The number of fused-ring (bicyclic) bond motifs is 1. The Hall–Kier alpha value is -2.44. The molecule has 0 saturated heterocycles. The van der Waals surface area contributed by atoms with E-state index < -0.39 is 6.17 Å². The average molecular weight is 455 g/mol. The fraction of sp³-hybridized carbons (Fsp3) is 0.375. The summed E-state index contributed by atoms with van der Waals surface area (Å²) in [6, 6.07) is 15.3. The second-order valence-electron chi connectivity index (χ2n) is 8.16. The first-order valence-corrected chi connectivity index (χ1v) is 11.6. The monoisotopic (exact) mass is 454 g/mol. The Morgan fingerprint density at radius 2 is 1.90 bits per heavy atom. The fourth-order valence-electron chi connectivity index (χ4n) is 4.27. The molecule has 31 heavy (non-hydrogen) atoms. The lowest BCUT2D eigenvalue weighted by atomic mass is 9.89. The van der Waals surface area contributed by atoms with Gasteiger partial charge in [-0.05, 0) is 49.2 Å². The maximum atomic E-state index is 13.2. The summed E-state index contributed by atoms with van der Waals surface area (Å²) in [5, 5.41) is 7.49. The van der Waals surface area contributed by atoms with Crippen LogP contribution in [0, 0.1) is 5.92 Å². The molecule has 1 aliphatic heterocycles. The topological polar surface area (TPSA) is 56.7 Å². The van der Waals surface area contributed by atoms with Crippen LogP contribution < -0.4 is 15.5 Å². The summed E-state index contributed by atoms with van der Waals surface area (Å²) in [4.78, 5) is 19.7. The first kappa shape index (κ1) is 21.8. The van der Waals surface area contributed by atoms with Crippen molar-refractivity contribution in [3.05, 3.63) is 64.7 Å². The summed E-state index contributed by atoms with van der Waals surface area (Å²) in [7, 11) is 1.76. The van der Waals surface area contributed by atoms with E-state index in [1.165, 1.54) is 32.1 Å². The van der Waals surface area contributed by atoms with Gasteiger partial charge in [-0.15, -0.1) is 0 Å². The normalized spacial score (nSPS) is 19.3. The lowest BCUT2D eigenvalue weighted by Crippen LogP contribution is -2.50. The Bertz CT molecular complexity index is 988. The number of carbonyl (C=O) groups is 1.